The Morgan fingerprint density at radius 2 is 2.17 bits per heavy atom. The van der Waals surface area contributed by atoms with Gasteiger partial charge in [-0.15, -0.1) is 11.3 Å². The van der Waals surface area contributed by atoms with E-state index in [2.05, 4.69) is 31.1 Å². The highest BCUT2D eigenvalue weighted by Gasteiger charge is 2.51. The molecule has 0 aliphatic carbocycles. The summed E-state index contributed by atoms with van der Waals surface area (Å²) in [7, 11) is 0. The summed E-state index contributed by atoms with van der Waals surface area (Å²) in [5.74, 6) is -0.140. The molecule has 1 aromatic heterocycles. The molecule has 0 aromatic carbocycles. The first-order valence-electron chi connectivity index (χ1n) is 7.90. The van der Waals surface area contributed by atoms with E-state index in [1.165, 1.54) is 16.2 Å². The predicted molar refractivity (Wildman–Crippen MR) is 87.3 cm³/mol. The molecule has 2 aliphatic rings. The predicted octanol–water partition coefficient (Wildman–Crippen LogP) is 2.46. The van der Waals surface area contributed by atoms with E-state index in [1.54, 1.807) is 0 Å². The number of hydrogen-bond donors (Lipinski definition) is 1. The number of urea groups is 1. The smallest absolute Gasteiger partial charge is 0.324 e. The molecule has 7 heteroatoms. The Kier molecular flexibility index (Phi) is 3.96. The molecule has 6 nitrogen and oxygen atoms in total. The maximum Gasteiger partial charge on any atom is 0.324 e. The van der Waals surface area contributed by atoms with Gasteiger partial charge >= 0.3 is 6.03 Å². The van der Waals surface area contributed by atoms with Gasteiger partial charge < -0.3 is 10.1 Å². The lowest BCUT2D eigenvalue weighted by atomic mass is 9.83. The van der Waals surface area contributed by atoms with Gasteiger partial charge in [0.1, 0.15) is 5.01 Å². The third-order valence-corrected chi connectivity index (χ3v) is 5.62. The molecule has 2 fully saturated rings. The largest absolute Gasteiger partial charge is 0.380 e. The van der Waals surface area contributed by atoms with Crippen molar-refractivity contribution in [3.8, 4) is 0 Å². The van der Waals surface area contributed by atoms with E-state index in [4.69, 9.17) is 4.74 Å². The van der Waals surface area contributed by atoms with Gasteiger partial charge in [0.25, 0.3) is 0 Å². The third-order valence-electron chi connectivity index (χ3n) is 4.61. The number of nitrogens with one attached hydrogen (secondary N) is 1. The van der Waals surface area contributed by atoms with Gasteiger partial charge in [-0.2, -0.15) is 0 Å². The minimum absolute atomic E-state index is 0.0524. The zero-order chi connectivity index (χ0) is 16.8. The fraction of sp³-hybridized carbons (Fsp3) is 0.688. The fourth-order valence-electron chi connectivity index (χ4n) is 2.95. The minimum Gasteiger partial charge on any atom is -0.380 e. The maximum absolute atomic E-state index is 12.9. The average Bonchev–Trinajstić information content (AvgIpc) is 3.13. The quantitative estimate of drug-likeness (QED) is 0.900. The van der Waals surface area contributed by atoms with E-state index in [1.807, 2.05) is 12.3 Å². The van der Waals surface area contributed by atoms with E-state index in [-0.39, 0.29) is 23.4 Å². The topological polar surface area (TPSA) is 71.5 Å². The Morgan fingerprint density at radius 1 is 1.43 bits per heavy atom. The number of aromatic nitrogens is 1. The summed E-state index contributed by atoms with van der Waals surface area (Å²) < 4.78 is 5.41. The first kappa shape index (κ1) is 16.4. The molecule has 2 saturated heterocycles. The highest BCUT2D eigenvalue weighted by molar-refractivity contribution is 7.09. The molecule has 1 N–H and O–H groups in total. The number of carbonyl (C=O) groups excluding carboxylic acids is 2. The van der Waals surface area contributed by atoms with Gasteiger partial charge in [0.15, 0.2) is 0 Å². The number of thiazole rings is 1. The molecular weight excluding hydrogens is 314 g/mol. The Hall–Kier alpha value is -1.47. The number of ether oxygens (including phenoxy) is 1. The lowest BCUT2D eigenvalue weighted by molar-refractivity contribution is -0.142. The standard InChI is InChI=1S/C16H23N3O3S/c1-10(12-18-11(7-23-12)15(2,3)4)19-13(20)16(5-6-22-9-16)8-17-14(19)21/h7,10H,5-6,8-9H2,1-4H3,(H,17,21). The molecule has 126 valence electrons. The van der Waals surface area contributed by atoms with Crippen molar-refractivity contribution in [1.29, 1.82) is 0 Å². The van der Waals surface area contributed by atoms with Crippen LogP contribution >= 0.6 is 11.3 Å². The van der Waals surface area contributed by atoms with Crippen LogP contribution < -0.4 is 5.32 Å². The van der Waals surface area contributed by atoms with Gasteiger partial charge in [0.05, 0.1) is 23.8 Å². The summed E-state index contributed by atoms with van der Waals surface area (Å²) in [4.78, 5) is 31.2. The van der Waals surface area contributed by atoms with Gasteiger partial charge in [-0.1, -0.05) is 20.8 Å². The van der Waals surface area contributed by atoms with Crippen LogP contribution in [0.5, 0.6) is 0 Å². The van der Waals surface area contributed by atoms with E-state index in [9.17, 15) is 9.59 Å². The second-order valence-corrected chi connectivity index (χ2v) is 8.30. The zero-order valence-electron chi connectivity index (χ0n) is 14.0. The Bertz CT molecular complexity index is 629. The van der Waals surface area contributed by atoms with Crippen LogP contribution in [-0.4, -0.2) is 41.6 Å². The molecule has 1 spiro atoms. The molecule has 2 atom stereocenters. The molecule has 0 bridgehead atoms. The van der Waals surface area contributed by atoms with Gasteiger partial charge in [-0.3, -0.25) is 9.69 Å². The van der Waals surface area contributed by atoms with Crippen molar-refractivity contribution >= 4 is 23.3 Å². The van der Waals surface area contributed by atoms with E-state index >= 15 is 0 Å². The maximum atomic E-state index is 12.9. The second kappa shape index (κ2) is 5.56. The number of amides is 3. The molecule has 0 saturated carbocycles. The molecule has 0 radical (unpaired) electrons. The van der Waals surface area contributed by atoms with Crippen molar-refractivity contribution < 1.29 is 14.3 Å². The number of nitrogens with zero attached hydrogens (tertiary/aromatic N) is 2. The first-order valence-corrected chi connectivity index (χ1v) is 8.78. The molecule has 2 unspecified atom stereocenters. The molecule has 23 heavy (non-hydrogen) atoms. The molecule has 3 rings (SSSR count). The zero-order valence-corrected chi connectivity index (χ0v) is 14.8. The average molecular weight is 337 g/mol. The van der Waals surface area contributed by atoms with Crippen LogP contribution in [0.4, 0.5) is 4.79 Å². The van der Waals surface area contributed by atoms with Gasteiger partial charge in [-0.25, -0.2) is 9.78 Å². The highest BCUT2D eigenvalue weighted by atomic mass is 32.1. The van der Waals surface area contributed by atoms with Crippen LogP contribution in [0.3, 0.4) is 0 Å². The number of rotatable bonds is 2. The number of carbonyl (C=O) groups is 2. The summed E-state index contributed by atoms with van der Waals surface area (Å²) in [6, 6.07) is -0.714. The van der Waals surface area contributed by atoms with Gasteiger partial charge in [0, 0.05) is 23.9 Å². The fourth-order valence-corrected chi connectivity index (χ4v) is 4.05. The lowest BCUT2D eigenvalue weighted by Crippen LogP contribution is -2.61. The SMILES string of the molecule is CC(c1nc(C(C)(C)C)cs1)N1C(=O)NCC2(CCOC2)C1=O. The Balaban J connectivity index is 1.87. The van der Waals surface area contributed by atoms with Crippen LogP contribution in [0.15, 0.2) is 5.38 Å². The van der Waals surface area contributed by atoms with Crippen molar-refractivity contribution in [2.45, 2.75) is 45.6 Å². The number of hydrogen-bond acceptors (Lipinski definition) is 5. The van der Waals surface area contributed by atoms with Gasteiger partial charge in [0.2, 0.25) is 5.91 Å². The van der Waals surface area contributed by atoms with Crippen molar-refractivity contribution in [1.82, 2.24) is 15.2 Å². The molecular formula is C16H23N3O3S. The van der Waals surface area contributed by atoms with E-state index in [0.29, 0.717) is 26.2 Å². The van der Waals surface area contributed by atoms with Gasteiger partial charge in [-0.05, 0) is 13.3 Å². The summed E-state index contributed by atoms with van der Waals surface area (Å²) in [5, 5.41) is 5.64. The monoisotopic (exact) mass is 337 g/mol. The van der Waals surface area contributed by atoms with Crippen LogP contribution in [0.2, 0.25) is 0 Å². The Morgan fingerprint density at radius 3 is 2.74 bits per heavy atom. The van der Waals surface area contributed by atoms with Crippen LogP contribution in [0.1, 0.15) is 50.9 Å². The normalized spacial score (nSPS) is 26.7. The summed E-state index contributed by atoms with van der Waals surface area (Å²) in [6.45, 7) is 9.45. The van der Waals surface area contributed by atoms with Crippen molar-refractivity contribution in [2.75, 3.05) is 19.8 Å². The van der Waals surface area contributed by atoms with Crippen molar-refractivity contribution in [2.24, 2.45) is 5.41 Å². The summed E-state index contributed by atoms with van der Waals surface area (Å²) in [5.41, 5.74) is 0.322. The van der Waals surface area contributed by atoms with E-state index in [0.717, 1.165) is 10.7 Å². The highest BCUT2D eigenvalue weighted by Crippen LogP contribution is 2.37. The van der Waals surface area contributed by atoms with Crippen molar-refractivity contribution in [3.05, 3.63) is 16.1 Å². The van der Waals surface area contributed by atoms with Crippen LogP contribution in [0, 0.1) is 5.41 Å². The third kappa shape index (κ3) is 2.76. The molecule has 1 aromatic rings. The molecule has 2 aliphatic heterocycles. The summed E-state index contributed by atoms with van der Waals surface area (Å²) >= 11 is 1.50. The van der Waals surface area contributed by atoms with Crippen LogP contribution in [-0.2, 0) is 14.9 Å². The second-order valence-electron chi connectivity index (χ2n) is 7.41. The van der Waals surface area contributed by atoms with Crippen LogP contribution in [0.25, 0.3) is 0 Å². The summed E-state index contributed by atoms with van der Waals surface area (Å²) in [6.07, 6.45) is 0.653. The minimum atomic E-state index is -0.605. The number of imide groups is 1. The lowest BCUT2D eigenvalue weighted by Gasteiger charge is -2.39. The first-order chi connectivity index (χ1) is 10.7. The Labute approximate surface area is 140 Å². The molecule has 3 heterocycles. The molecule has 3 amide bonds. The van der Waals surface area contributed by atoms with Crippen molar-refractivity contribution in [3.63, 3.8) is 0 Å². The van der Waals surface area contributed by atoms with E-state index < -0.39 is 5.41 Å².